The van der Waals surface area contributed by atoms with Gasteiger partial charge in [-0.1, -0.05) is 15.9 Å². The fraction of sp³-hybridized carbons (Fsp3) is 0.167. The van der Waals surface area contributed by atoms with Crippen molar-refractivity contribution in [1.82, 2.24) is 0 Å². The van der Waals surface area contributed by atoms with E-state index in [2.05, 4.69) is 31.9 Å². The van der Waals surface area contributed by atoms with Crippen molar-refractivity contribution in [1.29, 1.82) is 0 Å². The van der Waals surface area contributed by atoms with Crippen LogP contribution in [0.5, 0.6) is 0 Å². The van der Waals surface area contributed by atoms with E-state index in [0.29, 0.717) is 0 Å². The largest absolute Gasteiger partial charge is 0.416 e. The molecule has 0 bridgehead atoms. The zero-order valence-corrected chi connectivity index (χ0v) is 13.1. The van der Waals surface area contributed by atoms with E-state index in [0.717, 1.165) is 27.5 Å². The summed E-state index contributed by atoms with van der Waals surface area (Å²) in [5, 5.41) is 1.78. The fourth-order valence-corrected chi connectivity index (χ4v) is 4.36. The Morgan fingerprint density at radius 2 is 1.84 bits per heavy atom. The van der Waals surface area contributed by atoms with E-state index in [1.54, 1.807) is 11.4 Å². The van der Waals surface area contributed by atoms with Crippen molar-refractivity contribution in [2.45, 2.75) is 11.0 Å². The normalized spacial score (nSPS) is 13.6. The van der Waals surface area contributed by atoms with Crippen molar-refractivity contribution in [2.24, 2.45) is 0 Å². The van der Waals surface area contributed by atoms with Gasteiger partial charge in [0, 0.05) is 14.9 Å². The lowest BCUT2D eigenvalue weighted by molar-refractivity contribution is -0.137. The zero-order chi connectivity index (χ0) is 14.2. The summed E-state index contributed by atoms with van der Waals surface area (Å²) >= 11 is 7.86. The van der Waals surface area contributed by atoms with E-state index in [-0.39, 0.29) is 5.56 Å². The second kappa shape index (κ2) is 5.54. The Kier molecular flexibility index (Phi) is 4.37. The first-order chi connectivity index (χ1) is 8.80. The monoisotopic (exact) mass is 416 g/mol. The number of hydrogen-bond acceptors (Lipinski definition) is 1. The lowest BCUT2D eigenvalue weighted by Crippen LogP contribution is -2.07. The predicted molar refractivity (Wildman–Crippen MR) is 74.2 cm³/mol. The summed E-state index contributed by atoms with van der Waals surface area (Å²) < 4.78 is 52.4. The molecule has 1 atom stereocenters. The maximum atomic E-state index is 13.7. The third kappa shape index (κ3) is 3.20. The first kappa shape index (κ1) is 15.0. The van der Waals surface area contributed by atoms with Gasteiger partial charge in [0.1, 0.15) is 5.82 Å². The molecule has 2 rings (SSSR count). The summed E-state index contributed by atoms with van der Waals surface area (Å²) in [6.45, 7) is 0. The Labute approximate surface area is 127 Å². The summed E-state index contributed by atoms with van der Waals surface area (Å²) in [5.74, 6) is -0.671. The van der Waals surface area contributed by atoms with Crippen molar-refractivity contribution < 1.29 is 17.6 Å². The maximum absolute atomic E-state index is 13.7. The van der Waals surface area contributed by atoms with Gasteiger partial charge >= 0.3 is 6.18 Å². The van der Waals surface area contributed by atoms with E-state index in [9.17, 15) is 17.6 Å². The predicted octanol–water partition coefficient (Wildman–Crippen LogP) is 6.15. The molecule has 0 radical (unpaired) electrons. The van der Waals surface area contributed by atoms with Crippen LogP contribution in [0.25, 0.3) is 0 Å². The molecule has 19 heavy (non-hydrogen) atoms. The molecule has 0 nitrogen and oxygen atoms in total. The van der Waals surface area contributed by atoms with Gasteiger partial charge in [0.25, 0.3) is 0 Å². The molecule has 0 N–H and O–H groups in total. The molecular formula is C12H6Br2F4S. The average molecular weight is 418 g/mol. The first-order valence-electron chi connectivity index (χ1n) is 5.04. The summed E-state index contributed by atoms with van der Waals surface area (Å²) in [4.78, 5) is 0.0994. The smallest absolute Gasteiger partial charge is 0.207 e. The van der Waals surface area contributed by atoms with Gasteiger partial charge in [-0.15, -0.1) is 11.3 Å². The van der Waals surface area contributed by atoms with Gasteiger partial charge in [0.15, 0.2) is 0 Å². The highest BCUT2D eigenvalue weighted by molar-refractivity contribution is 9.11. The molecule has 0 aliphatic rings. The number of thiophene rings is 1. The minimum Gasteiger partial charge on any atom is -0.207 e. The van der Waals surface area contributed by atoms with E-state index in [4.69, 9.17) is 0 Å². The van der Waals surface area contributed by atoms with Crippen LogP contribution in [0.2, 0.25) is 0 Å². The maximum Gasteiger partial charge on any atom is 0.416 e. The van der Waals surface area contributed by atoms with Crippen LogP contribution in [0.15, 0.2) is 34.1 Å². The first-order valence-corrected chi connectivity index (χ1v) is 7.63. The van der Waals surface area contributed by atoms with Crippen LogP contribution in [0.3, 0.4) is 0 Å². The second-order valence-electron chi connectivity index (χ2n) is 3.73. The van der Waals surface area contributed by atoms with Crippen LogP contribution in [-0.4, -0.2) is 0 Å². The van der Waals surface area contributed by atoms with Gasteiger partial charge < -0.3 is 0 Å². The van der Waals surface area contributed by atoms with Crippen molar-refractivity contribution in [3.8, 4) is 0 Å². The van der Waals surface area contributed by atoms with Gasteiger partial charge in [0.2, 0.25) is 0 Å². The van der Waals surface area contributed by atoms with E-state index in [1.165, 1.54) is 11.3 Å². The number of alkyl halides is 4. The molecular weight excluding hydrogens is 412 g/mol. The molecule has 1 aromatic heterocycles. The van der Waals surface area contributed by atoms with Gasteiger partial charge in [-0.2, -0.15) is 13.2 Å². The van der Waals surface area contributed by atoms with Crippen LogP contribution in [0, 0.1) is 5.82 Å². The molecule has 0 fully saturated rings. The number of hydrogen-bond donors (Lipinski definition) is 0. The van der Waals surface area contributed by atoms with Crippen molar-refractivity contribution in [2.75, 3.05) is 0 Å². The number of benzene rings is 1. The molecule has 1 unspecified atom stereocenters. The SMILES string of the molecule is Fc1ccc(C(F)(F)F)cc1C(Br)c1sccc1Br. The molecule has 2 aromatic rings. The summed E-state index contributed by atoms with van der Waals surface area (Å²) in [6.07, 6.45) is -4.48. The second-order valence-corrected chi connectivity index (χ2v) is 6.45. The fourth-order valence-electron chi connectivity index (χ4n) is 1.54. The highest BCUT2D eigenvalue weighted by Crippen LogP contribution is 2.41. The Balaban J connectivity index is 2.47. The van der Waals surface area contributed by atoms with Crippen molar-refractivity contribution >= 4 is 43.2 Å². The van der Waals surface area contributed by atoms with Crippen LogP contribution in [-0.2, 0) is 6.18 Å². The Bertz CT molecular complexity index is 592. The van der Waals surface area contributed by atoms with E-state index in [1.807, 2.05) is 0 Å². The number of halogens is 6. The van der Waals surface area contributed by atoms with Gasteiger partial charge in [0.05, 0.1) is 10.4 Å². The zero-order valence-electron chi connectivity index (χ0n) is 9.14. The Morgan fingerprint density at radius 3 is 2.37 bits per heavy atom. The minimum atomic E-state index is -4.48. The topological polar surface area (TPSA) is 0 Å². The number of rotatable bonds is 2. The summed E-state index contributed by atoms with van der Waals surface area (Å²) in [5.41, 5.74) is -0.890. The molecule has 0 aliphatic carbocycles. The van der Waals surface area contributed by atoms with Crippen molar-refractivity contribution in [3.63, 3.8) is 0 Å². The lowest BCUT2D eigenvalue weighted by Gasteiger charge is -2.13. The van der Waals surface area contributed by atoms with Crippen LogP contribution in [0.1, 0.15) is 20.8 Å². The molecule has 0 spiro atoms. The molecule has 1 aromatic carbocycles. The standard InChI is InChI=1S/C12H6Br2F4S/c13-8-3-4-19-11(8)10(14)7-5-6(12(16,17)18)1-2-9(7)15/h1-5,10H. The average Bonchev–Trinajstić information content (AvgIpc) is 2.73. The molecule has 1 heterocycles. The molecule has 102 valence electrons. The molecule has 0 amide bonds. The molecule has 0 saturated heterocycles. The van der Waals surface area contributed by atoms with Crippen LogP contribution < -0.4 is 0 Å². The third-order valence-electron chi connectivity index (χ3n) is 2.47. The van der Waals surface area contributed by atoms with E-state index < -0.39 is 22.4 Å². The molecule has 0 aliphatic heterocycles. The van der Waals surface area contributed by atoms with Gasteiger partial charge in [-0.05, 0) is 45.6 Å². The summed E-state index contributed by atoms with van der Waals surface area (Å²) in [6, 6.07) is 4.18. The summed E-state index contributed by atoms with van der Waals surface area (Å²) in [7, 11) is 0. The van der Waals surface area contributed by atoms with Crippen LogP contribution in [0.4, 0.5) is 17.6 Å². The highest BCUT2D eigenvalue weighted by Gasteiger charge is 2.32. The van der Waals surface area contributed by atoms with Gasteiger partial charge in [-0.25, -0.2) is 4.39 Å². The van der Waals surface area contributed by atoms with E-state index >= 15 is 0 Å². The Hall–Kier alpha value is -0.400. The minimum absolute atomic E-state index is 0.0297. The third-order valence-corrected chi connectivity index (χ3v) is 5.66. The highest BCUT2D eigenvalue weighted by atomic mass is 79.9. The van der Waals surface area contributed by atoms with Gasteiger partial charge in [-0.3, -0.25) is 0 Å². The van der Waals surface area contributed by atoms with Crippen LogP contribution >= 0.6 is 43.2 Å². The molecule has 0 saturated carbocycles. The Morgan fingerprint density at radius 1 is 1.16 bits per heavy atom. The quantitative estimate of drug-likeness (QED) is 0.406. The molecule has 7 heteroatoms. The lowest BCUT2D eigenvalue weighted by atomic mass is 10.1. The van der Waals surface area contributed by atoms with Crippen molar-refractivity contribution in [3.05, 3.63) is 55.9 Å².